The van der Waals surface area contributed by atoms with E-state index in [1.807, 2.05) is 0 Å². The van der Waals surface area contributed by atoms with E-state index >= 15 is 0 Å². The van der Waals surface area contributed by atoms with E-state index in [4.69, 9.17) is 10.2 Å². The molecule has 0 atom stereocenters. The number of fused-ring (bicyclic) bond motifs is 1. The second kappa shape index (κ2) is 4.75. The maximum atomic E-state index is 13.4. The first-order valence-corrected chi connectivity index (χ1v) is 6.39. The SMILES string of the molecule is Nc1oc2cnccc2c1Nc1cc(F)c(F)c(Br)c1. The molecule has 0 aliphatic rings. The molecule has 7 heteroatoms. The molecule has 1 aromatic carbocycles. The highest BCUT2D eigenvalue weighted by molar-refractivity contribution is 9.10. The summed E-state index contributed by atoms with van der Waals surface area (Å²) in [5.41, 5.74) is 7.11. The summed E-state index contributed by atoms with van der Waals surface area (Å²) in [6.45, 7) is 0. The fraction of sp³-hybridized carbons (Fsp3) is 0. The third-order valence-electron chi connectivity index (χ3n) is 2.77. The van der Waals surface area contributed by atoms with Crippen LogP contribution in [0.15, 0.2) is 39.5 Å². The summed E-state index contributed by atoms with van der Waals surface area (Å²) in [5, 5.41) is 3.63. The molecule has 0 aliphatic carbocycles. The number of anilines is 3. The van der Waals surface area contributed by atoms with Crippen molar-refractivity contribution in [3.05, 3.63) is 46.7 Å². The van der Waals surface area contributed by atoms with Gasteiger partial charge in [0.05, 0.1) is 10.7 Å². The van der Waals surface area contributed by atoms with Crippen molar-refractivity contribution in [1.29, 1.82) is 0 Å². The van der Waals surface area contributed by atoms with Crippen LogP contribution in [0.4, 0.5) is 26.0 Å². The van der Waals surface area contributed by atoms with E-state index in [0.29, 0.717) is 22.3 Å². The summed E-state index contributed by atoms with van der Waals surface area (Å²) in [6, 6.07) is 4.17. The summed E-state index contributed by atoms with van der Waals surface area (Å²) in [7, 11) is 0. The average Bonchev–Trinajstić information content (AvgIpc) is 2.73. The van der Waals surface area contributed by atoms with Crippen LogP contribution in [0.2, 0.25) is 0 Å². The molecular formula is C13H8BrF2N3O. The molecule has 3 aromatic rings. The van der Waals surface area contributed by atoms with Crippen LogP contribution in [0.25, 0.3) is 11.0 Å². The lowest BCUT2D eigenvalue weighted by atomic mass is 10.2. The highest BCUT2D eigenvalue weighted by Gasteiger charge is 2.14. The lowest BCUT2D eigenvalue weighted by Crippen LogP contribution is -1.96. The van der Waals surface area contributed by atoms with Gasteiger partial charge in [-0.3, -0.25) is 4.98 Å². The van der Waals surface area contributed by atoms with Gasteiger partial charge < -0.3 is 15.5 Å². The summed E-state index contributed by atoms with van der Waals surface area (Å²) >= 11 is 2.95. The number of nitrogen functional groups attached to an aromatic ring is 1. The third-order valence-corrected chi connectivity index (χ3v) is 3.35. The Hall–Kier alpha value is -2.15. The van der Waals surface area contributed by atoms with Crippen molar-refractivity contribution in [2.75, 3.05) is 11.1 Å². The molecular weight excluding hydrogens is 332 g/mol. The number of rotatable bonds is 2. The van der Waals surface area contributed by atoms with E-state index in [0.717, 1.165) is 6.07 Å². The predicted octanol–water partition coefficient (Wildman–Crippen LogP) is 4.19. The van der Waals surface area contributed by atoms with Gasteiger partial charge in [0.2, 0.25) is 5.88 Å². The van der Waals surface area contributed by atoms with Crippen LogP contribution in [0.5, 0.6) is 0 Å². The molecule has 2 heterocycles. The molecule has 3 N–H and O–H groups in total. The normalized spacial score (nSPS) is 10.9. The first kappa shape index (κ1) is 12.9. The van der Waals surface area contributed by atoms with Crippen molar-refractivity contribution < 1.29 is 13.2 Å². The zero-order valence-electron chi connectivity index (χ0n) is 9.95. The van der Waals surface area contributed by atoms with Crippen molar-refractivity contribution in [1.82, 2.24) is 4.98 Å². The molecule has 0 bridgehead atoms. The second-order valence-electron chi connectivity index (χ2n) is 4.09. The number of hydrogen-bond donors (Lipinski definition) is 2. The standard InChI is InChI=1S/C13H8BrF2N3O/c14-8-3-6(4-9(15)11(8)16)19-12-7-1-2-18-5-10(7)20-13(12)17/h1-5,19H,17H2. The highest BCUT2D eigenvalue weighted by Crippen LogP contribution is 2.35. The Morgan fingerprint density at radius 1 is 1.30 bits per heavy atom. The minimum atomic E-state index is -0.963. The van der Waals surface area contributed by atoms with Crippen LogP contribution < -0.4 is 11.1 Å². The Balaban J connectivity index is 2.07. The monoisotopic (exact) mass is 339 g/mol. The van der Waals surface area contributed by atoms with Gasteiger partial charge in [0, 0.05) is 23.3 Å². The minimum absolute atomic E-state index is 0.0213. The van der Waals surface area contributed by atoms with E-state index in [1.165, 1.54) is 12.3 Å². The molecule has 0 amide bonds. The maximum Gasteiger partial charge on any atom is 0.215 e. The smallest absolute Gasteiger partial charge is 0.215 e. The second-order valence-corrected chi connectivity index (χ2v) is 4.95. The summed E-state index contributed by atoms with van der Waals surface area (Å²) in [6.07, 6.45) is 3.11. The summed E-state index contributed by atoms with van der Waals surface area (Å²) in [5.74, 6) is -1.76. The Morgan fingerprint density at radius 2 is 2.10 bits per heavy atom. The van der Waals surface area contributed by atoms with Gasteiger partial charge in [-0.15, -0.1) is 0 Å². The van der Waals surface area contributed by atoms with Crippen molar-refractivity contribution in [3.63, 3.8) is 0 Å². The lowest BCUT2D eigenvalue weighted by Gasteiger charge is -2.07. The molecule has 0 aliphatic heterocycles. The van der Waals surface area contributed by atoms with Crippen molar-refractivity contribution in [2.24, 2.45) is 0 Å². The van der Waals surface area contributed by atoms with Gasteiger partial charge in [0.25, 0.3) is 0 Å². The highest BCUT2D eigenvalue weighted by atomic mass is 79.9. The average molecular weight is 340 g/mol. The Morgan fingerprint density at radius 3 is 2.85 bits per heavy atom. The summed E-state index contributed by atoms with van der Waals surface area (Å²) in [4.78, 5) is 3.92. The van der Waals surface area contributed by atoms with Crippen LogP contribution >= 0.6 is 15.9 Å². The van der Waals surface area contributed by atoms with Gasteiger partial charge in [0.15, 0.2) is 17.2 Å². The number of benzene rings is 1. The number of furan rings is 1. The minimum Gasteiger partial charge on any atom is -0.437 e. The number of aromatic nitrogens is 1. The van der Waals surface area contributed by atoms with E-state index in [1.54, 1.807) is 12.3 Å². The van der Waals surface area contributed by atoms with Crippen molar-refractivity contribution in [2.45, 2.75) is 0 Å². The Bertz CT molecular complexity index is 780. The topological polar surface area (TPSA) is 64.1 Å². The molecule has 4 nitrogen and oxygen atoms in total. The molecule has 0 spiro atoms. The van der Waals surface area contributed by atoms with Crippen LogP contribution in [-0.4, -0.2) is 4.98 Å². The number of pyridine rings is 1. The molecule has 0 radical (unpaired) electrons. The van der Waals surface area contributed by atoms with E-state index in [9.17, 15) is 8.78 Å². The molecule has 102 valence electrons. The quantitative estimate of drug-likeness (QED) is 0.687. The number of nitrogens with zero attached hydrogens (tertiary/aromatic N) is 1. The fourth-order valence-corrected chi connectivity index (χ4v) is 2.31. The van der Waals surface area contributed by atoms with Crippen LogP contribution in [-0.2, 0) is 0 Å². The molecule has 3 rings (SSSR count). The third kappa shape index (κ3) is 2.09. The zero-order chi connectivity index (χ0) is 14.3. The predicted molar refractivity (Wildman–Crippen MR) is 75.8 cm³/mol. The first-order valence-electron chi connectivity index (χ1n) is 5.60. The maximum absolute atomic E-state index is 13.4. The summed E-state index contributed by atoms with van der Waals surface area (Å²) < 4.78 is 31.9. The fourth-order valence-electron chi connectivity index (χ4n) is 1.87. The number of hydrogen-bond acceptors (Lipinski definition) is 4. The van der Waals surface area contributed by atoms with Crippen LogP contribution in [0.3, 0.4) is 0 Å². The molecule has 0 saturated heterocycles. The van der Waals surface area contributed by atoms with E-state index in [2.05, 4.69) is 26.2 Å². The van der Waals surface area contributed by atoms with E-state index < -0.39 is 11.6 Å². The number of nitrogens with two attached hydrogens (primary N) is 1. The van der Waals surface area contributed by atoms with Gasteiger partial charge in [0.1, 0.15) is 5.69 Å². The Labute approximate surface area is 120 Å². The number of halogens is 3. The van der Waals surface area contributed by atoms with Crippen LogP contribution in [0, 0.1) is 11.6 Å². The van der Waals surface area contributed by atoms with Gasteiger partial charge >= 0.3 is 0 Å². The van der Waals surface area contributed by atoms with Crippen molar-refractivity contribution in [3.8, 4) is 0 Å². The number of nitrogens with one attached hydrogen (secondary N) is 1. The first-order chi connectivity index (χ1) is 9.56. The molecule has 2 aromatic heterocycles. The van der Waals surface area contributed by atoms with Gasteiger partial charge in [-0.05, 0) is 28.1 Å². The zero-order valence-corrected chi connectivity index (χ0v) is 11.5. The van der Waals surface area contributed by atoms with Gasteiger partial charge in [-0.2, -0.15) is 0 Å². The van der Waals surface area contributed by atoms with Crippen LogP contribution in [0.1, 0.15) is 0 Å². The van der Waals surface area contributed by atoms with E-state index in [-0.39, 0.29) is 10.4 Å². The lowest BCUT2D eigenvalue weighted by molar-refractivity contribution is 0.505. The molecule has 20 heavy (non-hydrogen) atoms. The molecule has 0 saturated carbocycles. The van der Waals surface area contributed by atoms with Gasteiger partial charge in [-0.1, -0.05) is 0 Å². The Kier molecular flexibility index (Phi) is 3.06. The van der Waals surface area contributed by atoms with Crippen molar-refractivity contribution >= 4 is 44.2 Å². The molecule has 0 fully saturated rings. The largest absolute Gasteiger partial charge is 0.437 e. The van der Waals surface area contributed by atoms with Gasteiger partial charge in [-0.25, -0.2) is 8.78 Å². The molecule has 0 unspecified atom stereocenters.